The number of hydrogen-bond acceptors (Lipinski definition) is 1. The van der Waals surface area contributed by atoms with E-state index in [4.69, 9.17) is 0 Å². The van der Waals surface area contributed by atoms with Gasteiger partial charge in [-0.15, -0.1) is 0 Å². The fourth-order valence-electron chi connectivity index (χ4n) is 5.50. The first-order chi connectivity index (χ1) is 16.8. The Morgan fingerprint density at radius 1 is 0.618 bits per heavy atom. The maximum absolute atomic E-state index is 13.9. The molecule has 1 aliphatic rings. The van der Waals surface area contributed by atoms with Crippen molar-refractivity contribution < 1.29 is 4.79 Å². The Morgan fingerprint density at radius 3 is 1.41 bits per heavy atom. The minimum Gasteiger partial charge on any atom is -0.343 e. The number of piperidine rings is 1. The van der Waals surface area contributed by atoms with Gasteiger partial charge in [-0.05, 0) is 41.0 Å². The third kappa shape index (κ3) is 4.41. The summed E-state index contributed by atoms with van der Waals surface area (Å²) in [6.45, 7) is 1.62. The number of amides is 1. The third-order valence-electron chi connectivity index (χ3n) is 7.33. The molecule has 2 heteroatoms. The lowest BCUT2D eigenvalue weighted by Gasteiger charge is -2.39. The molecule has 1 amide bonds. The van der Waals surface area contributed by atoms with E-state index in [2.05, 4.69) is 108 Å². The molecule has 1 aliphatic heterocycles. The molecule has 1 saturated heterocycles. The van der Waals surface area contributed by atoms with E-state index in [0.29, 0.717) is 12.3 Å². The van der Waals surface area contributed by atoms with E-state index in [1.807, 2.05) is 18.2 Å². The molecule has 1 heterocycles. The predicted molar refractivity (Wildman–Crippen MR) is 139 cm³/mol. The van der Waals surface area contributed by atoms with Crippen LogP contribution in [0.3, 0.4) is 0 Å². The van der Waals surface area contributed by atoms with Gasteiger partial charge < -0.3 is 4.90 Å². The van der Waals surface area contributed by atoms with Gasteiger partial charge in [-0.2, -0.15) is 0 Å². The van der Waals surface area contributed by atoms with Gasteiger partial charge in [0.25, 0.3) is 0 Å². The maximum atomic E-state index is 13.9. The van der Waals surface area contributed by atoms with E-state index >= 15 is 0 Å². The Balaban J connectivity index is 1.48. The highest BCUT2D eigenvalue weighted by Crippen LogP contribution is 2.43. The SMILES string of the molecule is O=C(CC(c1ccccc1)(c1ccccc1)c1ccccc1)N1CCC(c2ccccc2)CC1. The van der Waals surface area contributed by atoms with Crippen LogP contribution in [0.1, 0.15) is 47.4 Å². The molecule has 2 nitrogen and oxygen atoms in total. The van der Waals surface area contributed by atoms with Crippen molar-refractivity contribution in [3.8, 4) is 0 Å². The van der Waals surface area contributed by atoms with Crippen molar-refractivity contribution in [1.29, 1.82) is 0 Å². The van der Waals surface area contributed by atoms with Crippen molar-refractivity contribution in [3.63, 3.8) is 0 Å². The summed E-state index contributed by atoms with van der Waals surface area (Å²) >= 11 is 0. The average Bonchev–Trinajstić information content (AvgIpc) is 2.94. The summed E-state index contributed by atoms with van der Waals surface area (Å²) in [6.07, 6.45) is 2.45. The van der Waals surface area contributed by atoms with Gasteiger partial charge in [0.2, 0.25) is 5.91 Å². The molecule has 0 aromatic heterocycles. The quantitative estimate of drug-likeness (QED) is 0.298. The highest BCUT2D eigenvalue weighted by Gasteiger charge is 2.40. The Bertz CT molecular complexity index is 1080. The van der Waals surface area contributed by atoms with Crippen LogP contribution in [-0.2, 0) is 10.2 Å². The molecular weight excluding hydrogens is 414 g/mol. The van der Waals surface area contributed by atoms with Crippen molar-refractivity contribution >= 4 is 5.91 Å². The number of nitrogens with zero attached hydrogens (tertiary/aromatic N) is 1. The molecular formula is C32H31NO. The molecule has 0 unspecified atom stereocenters. The van der Waals surface area contributed by atoms with Crippen LogP contribution in [0, 0.1) is 0 Å². The van der Waals surface area contributed by atoms with Crippen LogP contribution < -0.4 is 0 Å². The van der Waals surface area contributed by atoms with Crippen LogP contribution in [-0.4, -0.2) is 23.9 Å². The average molecular weight is 446 g/mol. The summed E-state index contributed by atoms with van der Waals surface area (Å²) in [5, 5.41) is 0. The number of rotatable bonds is 6. The van der Waals surface area contributed by atoms with E-state index < -0.39 is 5.41 Å². The van der Waals surface area contributed by atoms with Crippen molar-refractivity contribution in [2.24, 2.45) is 0 Å². The summed E-state index contributed by atoms with van der Waals surface area (Å²) in [5.41, 5.74) is 4.32. The minimum atomic E-state index is -0.531. The molecule has 0 aliphatic carbocycles. The van der Waals surface area contributed by atoms with Crippen molar-refractivity contribution in [3.05, 3.63) is 144 Å². The Labute approximate surface area is 202 Å². The molecule has 4 aromatic rings. The number of carbonyl (C=O) groups is 1. The van der Waals surface area contributed by atoms with Gasteiger partial charge in [0, 0.05) is 19.5 Å². The third-order valence-corrected chi connectivity index (χ3v) is 7.33. The van der Waals surface area contributed by atoms with Crippen molar-refractivity contribution in [2.75, 3.05) is 13.1 Å². The van der Waals surface area contributed by atoms with E-state index in [-0.39, 0.29) is 5.91 Å². The predicted octanol–water partition coefficient (Wildman–Crippen LogP) is 6.82. The maximum Gasteiger partial charge on any atom is 0.224 e. The lowest BCUT2D eigenvalue weighted by Crippen LogP contribution is -2.42. The van der Waals surface area contributed by atoms with Crippen LogP contribution in [0.2, 0.25) is 0 Å². The number of hydrogen-bond donors (Lipinski definition) is 0. The first kappa shape index (κ1) is 22.2. The molecule has 0 spiro atoms. The van der Waals surface area contributed by atoms with Gasteiger partial charge in [0.05, 0.1) is 5.41 Å². The Kier molecular flexibility index (Phi) is 6.58. The topological polar surface area (TPSA) is 20.3 Å². The fraction of sp³-hybridized carbons (Fsp3) is 0.219. The zero-order chi connectivity index (χ0) is 23.2. The molecule has 0 saturated carbocycles. The van der Waals surface area contributed by atoms with Gasteiger partial charge in [0.15, 0.2) is 0 Å². The van der Waals surface area contributed by atoms with Gasteiger partial charge in [-0.25, -0.2) is 0 Å². The Hall–Kier alpha value is -3.65. The molecule has 0 radical (unpaired) electrons. The van der Waals surface area contributed by atoms with Crippen LogP contribution >= 0.6 is 0 Å². The zero-order valence-corrected chi connectivity index (χ0v) is 19.5. The highest BCUT2D eigenvalue weighted by molar-refractivity contribution is 5.80. The number of benzene rings is 4. The molecule has 0 bridgehead atoms. The zero-order valence-electron chi connectivity index (χ0n) is 19.5. The van der Waals surface area contributed by atoms with Gasteiger partial charge in [0.1, 0.15) is 0 Å². The van der Waals surface area contributed by atoms with E-state index in [1.54, 1.807) is 0 Å². The monoisotopic (exact) mass is 445 g/mol. The standard InChI is InChI=1S/C32H31NO/c34-31(33-23-21-27(22-24-33)26-13-5-1-6-14-26)25-32(28-15-7-2-8-16-28,29-17-9-3-10-18-29)30-19-11-4-12-20-30/h1-20,27H,21-25H2. The lowest BCUT2D eigenvalue weighted by molar-refractivity contribution is -0.133. The summed E-state index contributed by atoms with van der Waals surface area (Å²) in [5.74, 6) is 0.760. The second-order valence-electron chi connectivity index (χ2n) is 9.25. The molecule has 5 rings (SSSR count). The highest BCUT2D eigenvalue weighted by atomic mass is 16.2. The van der Waals surface area contributed by atoms with Crippen LogP contribution in [0.15, 0.2) is 121 Å². The normalized spacial score (nSPS) is 14.6. The van der Waals surface area contributed by atoms with E-state index in [9.17, 15) is 4.79 Å². The first-order valence-corrected chi connectivity index (χ1v) is 12.3. The van der Waals surface area contributed by atoms with Crippen LogP contribution in [0.5, 0.6) is 0 Å². The smallest absolute Gasteiger partial charge is 0.224 e. The van der Waals surface area contributed by atoms with E-state index in [0.717, 1.165) is 42.6 Å². The van der Waals surface area contributed by atoms with Gasteiger partial charge in [-0.3, -0.25) is 4.79 Å². The molecule has 0 atom stereocenters. The minimum absolute atomic E-state index is 0.225. The molecule has 170 valence electrons. The summed E-state index contributed by atoms with van der Waals surface area (Å²) < 4.78 is 0. The second kappa shape index (κ2) is 10.1. The lowest BCUT2D eigenvalue weighted by atomic mass is 9.67. The summed E-state index contributed by atoms with van der Waals surface area (Å²) in [4.78, 5) is 16.0. The van der Waals surface area contributed by atoms with E-state index in [1.165, 1.54) is 5.56 Å². The largest absolute Gasteiger partial charge is 0.343 e. The number of likely N-dealkylation sites (tertiary alicyclic amines) is 1. The second-order valence-corrected chi connectivity index (χ2v) is 9.25. The summed E-state index contributed by atoms with van der Waals surface area (Å²) in [7, 11) is 0. The van der Waals surface area contributed by atoms with Crippen molar-refractivity contribution in [1.82, 2.24) is 4.90 Å². The van der Waals surface area contributed by atoms with Crippen molar-refractivity contribution in [2.45, 2.75) is 30.6 Å². The Morgan fingerprint density at radius 2 is 1.00 bits per heavy atom. The fourth-order valence-corrected chi connectivity index (χ4v) is 5.50. The molecule has 0 N–H and O–H groups in total. The van der Waals surface area contributed by atoms with Gasteiger partial charge in [-0.1, -0.05) is 121 Å². The van der Waals surface area contributed by atoms with Crippen LogP contribution in [0.25, 0.3) is 0 Å². The number of carbonyl (C=O) groups excluding carboxylic acids is 1. The molecule has 1 fully saturated rings. The molecule has 4 aromatic carbocycles. The van der Waals surface area contributed by atoms with Gasteiger partial charge >= 0.3 is 0 Å². The molecule has 34 heavy (non-hydrogen) atoms. The van der Waals surface area contributed by atoms with Crippen LogP contribution in [0.4, 0.5) is 0 Å². The summed E-state index contributed by atoms with van der Waals surface area (Å²) in [6, 6.07) is 42.3. The first-order valence-electron chi connectivity index (χ1n) is 12.3.